The van der Waals surface area contributed by atoms with Crippen molar-refractivity contribution in [2.75, 3.05) is 59.5 Å². The number of nitrogens with zero attached hydrogens (tertiary/aromatic N) is 3. The molecule has 0 saturated carbocycles. The Labute approximate surface area is 184 Å². The fourth-order valence-corrected chi connectivity index (χ4v) is 4.02. The SMILES string of the molecule is CCN(CC)CCCCCOc1ccc(C(=O)N2CCCC2)cc1.CN1CCCC1. The van der Waals surface area contributed by atoms with Gasteiger partial charge in [0.2, 0.25) is 0 Å². The van der Waals surface area contributed by atoms with Gasteiger partial charge in [0.15, 0.2) is 0 Å². The highest BCUT2D eigenvalue weighted by atomic mass is 16.5. The van der Waals surface area contributed by atoms with Crippen LogP contribution in [0.5, 0.6) is 5.75 Å². The first-order chi connectivity index (χ1) is 14.6. The Morgan fingerprint density at radius 3 is 2.03 bits per heavy atom. The summed E-state index contributed by atoms with van der Waals surface area (Å²) in [6.45, 7) is 13.0. The number of hydrogen-bond acceptors (Lipinski definition) is 4. The maximum Gasteiger partial charge on any atom is 0.253 e. The third-order valence-electron chi connectivity index (χ3n) is 6.11. The van der Waals surface area contributed by atoms with Gasteiger partial charge in [-0.25, -0.2) is 0 Å². The summed E-state index contributed by atoms with van der Waals surface area (Å²) in [5, 5.41) is 0. The second-order valence-electron chi connectivity index (χ2n) is 8.47. The molecule has 0 radical (unpaired) electrons. The van der Waals surface area contributed by atoms with Gasteiger partial charge in [-0.3, -0.25) is 4.79 Å². The van der Waals surface area contributed by atoms with Crippen LogP contribution in [0.4, 0.5) is 0 Å². The van der Waals surface area contributed by atoms with Gasteiger partial charge in [0.1, 0.15) is 5.75 Å². The molecule has 2 heterocycles. The lowest BCUT2D eigenvalue weighted by Crippen LogP contribution is -2.27. The molecule has 0 atom stereocenters. The van der Waals surface area contributed by atoms with Crippen molar-refractivity contribution in [2.24, 2.45) is 0 Å². The molecule has 5 nitrogen and oxygen atoms in total. The topological polar surface area (TPSA) is 36.0 Å². The second-order valence-corrected chi connectivity index (χ2v) is 8.47. The highest BCUT2D eigenvalue weighted by Gasteiger charge is 2.19. The standard InChI is InChI=1S/C20H32N2O2.C5H11N/c1-3-21(4-2)14-6-5-9-17-24-19-12-10-18(11-13-19)20(23)22-15-7-8-16-22;1-6-4-2-3-5-6/h10-13H,3-9,14-17H2,1-2H3;2-5H2,1H3. The summed E-state index contributed by atoms with van der Waals surface area (Å²) in [6.07, 6.45) is 8.58. The van der Waals surface area contributed by atoms with Crippen LogP contribution >= 0.6 is 0 Å². The minimum absolute atomic E-state index is 0.149. The van der Waals surface area contributed by atoms with Gasteiger partial charge in [-0.05, 0) is 109 Å². The van der Waals surface area contributed by atoms with Crippen LogP contribution in [0.2, 0.25) is 0 Å². The highest BCUT2D eigenvalue weighted by Crippen LogP contribution is 2.17. The molecular formula is C25H43N3O2. The fourth-order valence-electron chi connectivity index (χ4n) is 4.02. The first-order valence-corrected chi connectivity index (χ1v) is 12.1. The van der Waals surface area contributed by atoms with E-state index in [1.54, 1.807) is 0 Å². The highest BCUT2D eigenvalue weighted by molar-refractivity contribution is 5.94. The van der Waals surface area contributed by atoms with Crippen molar-refractivity contribution >= 4 is 5.91 Å². The summed E-state index contributed by atoms with van der Waals surface area (Å²) >= 11 is 0. The monoisotopic (exact) mass is 417 g/mol. The summed E-state index contributed by atoms with van der Waals surface area (Å²) in [5.41, 5.74) is 0.767. The number of carbonyl (C=O) groups excluding carboxylic acids is 1. The molecule has 1 amide bonds. The Bertz CT molecular complexity index is 575. The van der Waals surface area contributed by atoms with Gasteiger partial charge in [-0.1, -0.05) is 13.8 Å². The van der Waals surface area contributed by atoms with E-state index in [9.17, 15) is 4.79 Å². The molecule has 0 unspecified atom stereocenters. The van der Waals surface area contributed by atoms with Crippen molar-refractivity contribution in [2.45, 2.75) is 58.8 Å². The summed E-state index contributed by atoms with van der Waals surface area (Å²) in [5.74, 6) is 1.01. The first kappa shape index (κ1) is 24.7. The van der Waals surface area contributed by atoms with Gasteiger partial charge in [0.25, 0.3) is 5.91 Å². The van der Waals surface area contributed by atoms with Crippen LogP contribution in [0.3, 0.4) is 0 Å². The maximum atomic E-state index is 12.3. The lowest BCUT2D eigenvalue weighted by atomic mass is 10.2. The molecule has 1 aromatic rings. The van der Waals surface area contributed by atoms with E-state index in [1.165, 1.54) is 45.3 Å². The molecule has 170 valence electrons. The molecule has 2 aliphatic heterocycles. The molecule has 0 aromatic heterocycles. The van der Waals surface area contributed by atoms with Crippen LogP contribution in [-0.4, -0.2) is 80.1 Å². The Kier molecular flexibility index (Phi) is 11.9. The molecule has 1 aromatic carbocycles. The third kappa shape index (κ3) is 9.05. The Hall–Kier alpha value is -1.59. The quantitative estimate of drug-likeness (QED) is 0.524. The number of hydrogen-bond donors (Lipinski definition) is 0. The van der Waals surface area contributed by atoms with E-state index in [4.69, 9.17) is 4.74 Å². The van der Waals surface area contributed by atoms with Crippen LogP contribution in [0, 0.1) is 0 Å². The van der Waals surface area contributed by atoms with E-state index in [-0.39, 0.29) is 5.91 Å². The minimum atomic E-state index is 0.149. The largest absolute Gasteiger partial charge is 0.494 e. The summed E-state index contributed by atoms with van der Waals surface area (Å²) in [6, 6.07) is 7.60. The average Bonchev–Trinajstić information content (AvgIpc) is 3.48. The maximum absolute atomic E-state index is 12.3. The molecule has 5 heteroatoms. The Morgan fingerprint density at radius 1 is 0.900 bits per heavy atom. The zero-order chi connectivity index (χ0) is 21.6. The van der Waals surface area contributed by atoms with Gasteiger partial charge in [0, 0.05) is 18.7 Å². The number of unbranched alkanes of at least 4 members (excludes halogenated alkanes) is 2. The van der Waals surface area contributed by atoms with Gasteiger partial charge in [-0.15, -0.1) is 0 Å². The minimum Gasteiger partial charge on any atom is -0.494 e. The van der Waals surface area contributed by atoms with Gasteiger partial charge in [0.05, 0.1) is 6.61 Å². The van der Waals surface area contributed by atoms with Crippen molar-refractivity contribution in [3.05, 3.63) is 29.8 Å². The van der Waals surface area contributed by atoms with Crippen molar-refractivity contribution in [3.8, 4) is 5.75 Å². The number of rotatable bonds is 10. The fraction of sp³-hybridized carbons (Fsp3) is 0.720. The molecule has 0 bridgehead atoms. The van der Waals surface area contributed by atoms with Gasteiger partial charge < -0.3 is 19.4 Å². The number of benzene rings is 1. The molecule has 0 spiro atoms. The van der Waals surface area contributed by atoms with E-state index in [0.29, 0.717) is 0 Å². The number of amides is 1. The van der Waals surface area contributed by atoms with Crippen molar-refractivity contribution in [3.63, 3.8) is 0 Å². The van der Waals surface area contributed by atoms with Crippen molar-refractivity contribution < 1.29 is 9.53 Å². The summed E-state index contributed by atoms with van der Waals surface area (Å²) in [7, 11) is 2.17. The van der Waals surface area contributed by atoms with E-state index < -0.39 is 0 Å². The van der Waals surface area contributed by atoms with Crippen LogP contribution < -0.4 is 4.74 Å². The Morgan fingerprint density at radius 2 is 1.50 bits per heavy atom. The normalized spacial score (nSPS) is 16.6. The smallest absolute Gasteiger partial charge is 0.253 e. The van der Waals surface area contributed by atoms with Crippen LogP contribution in [0.25, 0.3) is 0 Å². The van der Waals surface area contributed by atoms with E-state index in [2.05, 4.69) is 30.7 Å². The second kappa shape index (κ2) is 14.4. The zero-order valence-electron chi connectivity index (χ0n) is 19.6. The van der Waals surface area contributed by atoms with E-state index >= 15 is 0 Å². The van der Waals surface area contributed by atoms with Crippen molar-refractivity contribution in [1.82, 2.24) is 14.7 Å². The van der Waals surface area contributed by atoms with E-state index in [0.717, 1.165) is 63.4 Å². The van der Waals surface area contributed by atoms with Crippen molar-refractivity contribution in [1.29, 1.82) is 0 Å². The molecule has 2 fully saturated rings. The third-order valence-corrected chi connectivity index (χ3v) is 6.11. The lowest BCUT2D eigenvalue weighted by Gasteiger charge is -2.17. The lowest BCUT2D eigenvalue weighted by molar-refractivity contribution is 0.0793. The Balaban J connectivity index is 0.000000456. The molecule has 3 rings (SSSR count). The predicted molar refractivity (Wildman–Crippen MR) is 125 cm³/mol. The zero-order valence-corrected chi connectivity index (χ0v) is 19.6. The molecular weight excluding hydrogens is 374 g/mol. The molecule has 0 N–H and O–H groups in total. The molecule has 0 aliphatic carbocycles. The molecule has 2 aliphatic rings. The van der Waals surface area contributed by atoms with Gasteiger partial charge >= 0.3 is 0 Å². The van der Waals surface area contributed by atoms with Crippen LogP contribution in [0.15, 0.2) is 24.3 Å². The van der Waals surface area contributed by atoms with Crippen LogP contribution in [0.1, 0.15) is 69.2 Å². The van der Waals surface area contributed by atoms with Crippen LogP contribution in [-0.2, 0) is 0 Å². The molecule has 2 saturated heterocycles. The van der Waals surface area contributed by atoms with E-state index in [1.807, 2.05) is 29.2 Å². The summed E-state index contributed by atoms with van der Waals surface area (Å²) < 4.78 is 5.79. The summed E-state index contributed by atoms with van der Waals surface area (Å²) in [4.78, 5) is 19.0. The number of likely N-dealkylation sites (tertiary alicyclic amines) is 2. The van der Waals surface area contributed by atoms with Gasteiger partial charge in [-0.2, -0.15) is 0 Å². The number of ether oxygens (including phenoxy) is 1. The molecule has 30 heavy (non-hydrogen) atoms. The number of carbonyl (C=O) groups is 1. The average molecular weight is 418 g/mol. The first-order valence-electron chi connectivity index (χ1n) is 12.1. The predicted octanol–water partition coefficient (Wildman–Crippen LogP) is 4.53.